The molecule has 0 amide bonds. The van der Waals surface area contributed by atoms with E-state index in [9.17, 15) is 0 Å². The molecule has 1 fully saturated rings. The van der Waals surface area contributed by atoms with Gasteiger partial charge in [0.15, 0.2) is 0 Å². The number of rotatable bonds is 1. The molecular formula is C14H21NO. The molecule has 0 radical (unpaired) electrons. The van der Waals surface area contributed by atoms with Crippen LogP contribution < -0.4 is 5.32 Å². The van der Waals surface area contributed by atoms with Crippen molar-refractivity contribution in [3.63, 3.8) is 0 Å². The van der Waals surface area contributed by atoms with E-state index < -0.39 is 0 Å². The summed E-state index contributed by atoms with van der Waals surface area (Å²) in [6.45, 7) is 9.52. The van der Waals surface area contributed by atoms with E-state index >= 15 is 0 Å². The first-order valence-corrected chi connectivity index (χ1v) is 5.91. The van der Waals surface area contributed by atoms with Crippen LogP contribution in [0.4, 0.5) is 0 Å². The second kappa shape index (κ2) is 4.19. The third kappa shape index (κ3) is 2.28. The van der Waals surface area contributed by atoms with E-state index in [1.807, 2.05) is 0 Å². The Kier molecular flexibility index (Phi) is 3.04. The summed E-state index contributed by atoms with van der Waals surface area (Å²) in [6, 6.07) is 8.85. The Balaban J connectivity index is 2.13. The van der Waals surface area contributed by atoms with Crippen LogP contribution in [0.2, 0.25) is 0 Å². The molecule has 16 heavy (non-hydrogen) atoms. The van der Waals surface area contributed by atoms with E-state index in [1.165, 1.54) is 11.1 Å². The van der Waals surface area contributed by atoms with E-state index in [-0.39, 0.29) is 11.6 Å². The Labute approximate surface area is 98.0 Å². The third-order valence-corrected chi connectivity index (χ3v) is 3.13. The lowest BCUT2D eigenvalue weighted by Crippen LogP contribution is -2.37. The summed E-state index contributed by atoms with van der Waals surface area (Å²) < 4.78 is 5.83. The molecule has 2 nitrogen and oxygen atoms in total. The van der Waals surface area contributed by atoms with Crippen molar-refractivity contribution >= 4 is 0 Å². The van der Waals surface area contributed by atoms with Gasteiger partial charge in [0.05, 0.1) is 12.6 Å². The largest absolute Gasteiger partial charge is 0.361 e. The van der Waals surface area contributed by atoms with Crippen LogP contribution in [0.5, 0.6) is 0 Å². The molecule has 1 N–H and O–H groups in total. The van der Waals surface area contributed by atoms with E-state index in [1.54, 1.807) is 0 Å². The predicted molar refractivity (Wildman–Crippen MR) is 66.3 cm³/mol. The summed E-state index contributed by atoms with van der Waals surface area (Å²) in [5, 5.41) is 3.57. The molecule has 0 saturated carbocycles. The SMILES string of the molecule is Cc1ccccc1C1COC(C(C)(C)C)N1. The molecule has 1 saturated heterocycles. The maximum absolute atomic E-state index is 5.83. The highest BCUT2D eigenvalue weighted by Crippen LogP contribution is 2.30. The van der Waals surface area contributed by atoms with Crippen LogP contribution in [0.3, 0.4) is 0 Å². The molecular weight excluding hydrogens is 198 g/mol. The number of aryl methyl sites for hydroxylation is 1. The molecule has 2 rings (SSSR count). The summed E-state index contributed by atoms with van der Waals surface area (Å²) in [4.78, 5) is 0. The minimum absolute atomic E-state index is 0.150. The van der Waals surface area contributed by atoms with Crippen molar-refractivity contribution in [2.24, 2.45) is 5.41 Å². The summed E-state index contributed by atoms with van der Waals surface area (Å²) >= 11 is 0. The zero-order valence-electron chi connectivity index (χ0n) is 10.6. The first-order chi connectivity index (χ1) is 7.48. The number of hydrogen-bond acceptors (Lipinski definition) is 2. The molecule has 2 heteroatoms. The van der Waals surface area contributed by atoms with E-state index in [0.29, 0.717) is 6.04 Å². The standard InChI is InChI=1S/C14H21NO/c1-10-7-5-6-8-11(10)12-9-16-13(15-12)14(2,3)4/h5-8,12-13,15H,9H2,1-4H3. The van der Waals surface area contributed by atoms with Crippen molar-refractivity contribution < 1.29 is 4.74 Å². The quantitative estimate of drug-likeness (QED) is 0.784. The average molecular weight is 219 g/mol. The van der Waals surface area contributed by atoms with Gasteiger partial charge in [-0.1, -0.05) is 45.0 Å². The third-order valence-electron chi connectivity index (χ3n) is 3.13. The van der Waals surface area contributed by atoms with Gasteiger partial charge in [-0.15, -0.1) is 0 Å². The molecule has 2 unspecified atom stereocenters. The van der Waals surface area contributed by atoms with Crippen molar-refractivity contribution in [2.45, 2.75) is 40.0 Å². The number of benzene rings is 1. The first-order valence-electron chi connectivity index (χ1n) is 5.91. The highest BCUT2D eigenvalue weighted by Gasteiger charge is 2.34. The number of ether oxygens (including phenoxy) is 1. The van der Waals surface area contributed by atoms with Crippen LogP contribution in [0.15, 0.2) is 24.3 Å². The summed E-state index contributed by atoms with van der Waals surface area (Å²) in [5.41, 5.74) is 2.84. The smallest absolute Gasteiger partial charge is 0.113 e. The molecule has 88 valence electrons. The fourth-order valence-corrected chi connectivity index (χ4v) is 2.13. The fraction of sp³-hybridized carbons (Fsp3) is 0.571. The molecule has 1 aliphatic heterocycles. The lowest BCUT2D eigenvalue weighted by atomic mass is 9.94. The van der Waals surface area contributed by atoms with Gasteiger partial charge in [0.1, 0.15) is 6.23 Å². The molecule has 1 aliphatic rings. The zero-order valence-corrected chi connectivity index (χ0v) is 10.6. The maximum Gasteiger partial charge on any atom is 0.113 e. The summed E-state index contributed by atoms with van der Waals surface area (Å²) in [5.74, 6) is 0. The van der Waals surface area contributed by atoms with Crippen molar-refractivity contribution in [1.82, 2.24) is 5.32 Å². The topological polar surface area (TPSA) is 21.3 Å². The minimum atomic E-state index is 0.150. The Morgan fingerprint density at radius 1 is 1.25 bits per heavy atom. The average Bonchev–Trinajstić information content (AvgIpc) is 2.66. The van der Waals surface area contributed by atoms with Crippen LogP contribution in [0.1, 0.15) is 37.9 Å². The molecule has 2 atom stereocenters. The van der Waals surface area contributed by atoms with Crippen molar-refractivity contribution in [3.05, 3.63) is 35.4 Å². The molecule has 0 aromatic heterocycles. The van der Waals surface area contributed by atoms with Crippen molar-refractivity contribution in [3.8, 4) is 0 Å². The van der Waals surface area contributed by atoms with Crippen molar-refractivity contribution in [1.29, 1.82) is 0 Å². The Morgan fingerprint density at radius 2 is 1.94 bits per heavy atom. The summed E-state index contributed by atoms with van der Waals surface area (Å²) in [6.07, 6.45) is 0.150. The van der Waals surface area contributed by atoms with Crippen molar-refractivity contribution in [2.75, 3.05) is 6.61 Å². The lowest BCUT2D eigenvalue weighted by molar-refractivity contribution is 0.0173. The second-order valence-corrected chi connectivity index (χ2v) is 5.66. The fourth-order valence-electron chi connectivity index (χ4n) is 2.13. The monoisotopic (exact) mass is 219 g/mol. The first kappa shape index (κ1) is 11.6. The van der Waals surface area contributed by atoms with Gasteiger partial charge in [-0.05, 0) is 18.1 Å². The van der Waals surface area contributed by atoms with Crippen LogP contribution in [0, 0.1) is 12.3 Å². The highest BCUT2D eigenvalue weighted by atomic mass is 16.5. The van der Waals surface area contributed by atoms with Crippen LogP contribution in [-0.4, -0.2) is 12.8 Å². The molecule has 1 aromatic rings. The number of hydrogen-bond donors (Lipinski definition) is 1. The Morgan fingerprint density at radius 3 is 2.50 bits per heavy atom. The Hall–Kier alpha value is -0.860. The zero-order chi connectivity index (χ0) is 11.8. The number of nitrogens with one attached hydrogen (secondary N) is 1. The van der Waals surface area contributed by atoms with E-state index in [4.69, 9.17) is 4.74 Å². The van der Waals surface area contributed by atoms with Gasteiger partial charge in [0.2, 0.25) is 0 Å². The van der Waals surface area contributed by atoms with Gasteiger partial charge < -0.3 is 4.74 Å². The van der Waals surface area contributed by atoms with E-state index in [0.717, 1.165) is 6.61 Å². The van der Waals surface area contributed by atoms with Gasteiger partial charge in [-0.25, -0.2) is 0 Å². The second-order valence-electron chi connectivity index (χ2n) is 5.66. The van der Waals surface area contributed by atoms with Crippen LogP contribution in [0.25, 0.3) is 0 Å². The van der Waals surface area contributed by atoms with Gasteiger partial charge in [-0.2, -0.15) is 0 Å². The lowest BCUT2D eigenvalue weighted by Gasteiger charge is -2.26. The minimum Gasteiger partial charge on any atom is -0.361 e. The van der Waals surface area contributed by atoms with Gasteiger partial charge in [-0.3, -0.25) is 5.32 Å². The van der Waals surface area contributed by atoms with Crippen LogP contribution in [-0.2, 0) is 4.74 Å². The normalized spacial score (nSPS) is 26.0. The van der Waals surface area contributed by atoms with E-state index in [2.05, 4.69) is 57.3 Å². The summed E-state index contributed by atoms with van der Waals surface area (Å²) in [7, 11) is 0. The van der Waals surface area contributed by atoms with Gasteiger partial charge >= 0.3 is 0 Å². The molecule has 1 heterocycles. The van der Waals surface area contributed by atoms with Crippen LogP contribution >= 0.6 is 0 Å². The molecule has 1 aromatic carbocycles. The molecule has 0 spiro atoms. The molecule has 0 aliphatic carbocycles. The predicted octanol–water partition coefficient (Wildman–Crippen LogP) is 3.03. The highest BCUT2D eigenvalue weighted by molar-refractivity contribution is 5.29. The maximum atomic E-state index is 5.83. The molecule has 0 bridgehead atoms. The Bertz CT molecular complexity index is 367. The van der Waals surface area contributed by atoms with Gasteiger partial charge in [0.25, 0.3) is 0 Å². The van der Waals surface area contributed by atoms with Gasteiger partial charge in [0, 0.05) is 5.41 Å².